The molecule has 0 aromatic heterocycles. The lowest BCUT2D eigenvalue weighted by molar-refractivity contribution is -0.145. The predicted molar refractivity (Wildman–Crippen MR) is 119 cm³/mol. The molecule has 1 aliphatic heterocycles. The molecule has 1 aromatic carbocycles. The fraction of sp³-hybridized carbons (Fsp3) is 0.476. The summed E-state index contributed by atoms with van der Waals surface area (Å²) in [6, 6.07) is 4.47. The van der Waals surface area contributed by atoms with Crippen LogP contribution >= 0.6 is 24.0 Å². The second-order valence-corrected chi connectivity index (χ2v) is 8.82. The maximum atomic E-state index is 12.9. The molecule has 1 fully saturated rings. The van der Waals surface area contributed by atoms with Gasteiger partial charge in [0.2, 0.25) is 0 Å². The third kappa shape index (κ3) is 5.96. The number of thiocarbonyl (C=S) groups is 1. The van der Waals surface area contributed by atoms with E-state index in [4.69, 9.17) is 21.7 Å². The van der Waals surface area contributed by atoms with Crippen LogP contribution in [0.1, 0.15) is 45.6 Å². The SMILES string of the molecule is CCCCOc1ccc(/C=C2\SC(=S)N(C(CC(C)C)C(=O)O)C2=O)cc1OC. The molecule has 0 saturated carbocycles. The van der Waals surface area contributed by atoms with Crippen molar-refractivity contribution in [2.75, 3.05) is 13.7 Å². The van der Waals surface area contributed by atoms with E-state index >= 15 is 0 Å². The lowest BCUT2D eigenvalue weighted by Gasteiger charge is -2.24. The summed E-state index contributed by atoms with van der Waals surface area (Å²) in [7, 11) is 1.56. The van der Waals surface area contributed by atoms with Gasteiger partial charge in [0.15, 0.2) is 11.5 Å². The Kier molecular flexibility index (Phi) is 8.52. The molecule has 158 valence electrons. The van der Waals surface area contributed by atoms with Crippen LogP contribution < -0.4 is 9.47 Å². The van der Waals surface area contributed by atoms with Gasteiger partial charge in [0, 0.05) is 0 Å². The number of carbonyl (C=O) groups is 2. The second kappa shape index (κ2) is 10.6. The molecule has 0 radical (unpaired) electrons. The van der Waals surface area contributed by atoms with Crippen molar-refractivity contribution in [1.82, 2.24) is 4.90 Å². The maximum absolute atomic E-state index is 12.9. The molecule has 1 heterocycles. The zero-order chi connectivity index (χ0) is 21.6. The van der Waals surface area contributed by atoms with Gasteiger partial charge in [-0.05, 0) is 42.5 Å². The minimum absolute atomic E-state index is 0.120. The number of amides is 1. The van der Waals surface area contributed by atoms with Crippen LogP contribution in [0, 0.1) is 5.92 Å². The monoisotopic (exact) mass is 437 g/mol. The highest BCUT2D eigenvalue weighted by Crippen LogP contribution is 2.36. The number of unbranched alkanes of at least 4 members (excludes halogenated alkanes) is 1. The zero-order valence-corrected chi connectivity index (χ0v) is 18.8. The number of hydrogen-bond donors (Lipinski definition) is 1. The summed E-state index contributed by atoms with van der Waals surface area (Å²) in [4.78, 5) is 26.2. The Morgan fingerprint density at radius 1 is 1.34 bits per heavy atom. The standard InChI is InChI=1S/C21H27NO5S2/c1-5-6-9-27-16-8-7-14(11-17(16)26-4)12-18-19(23)22(21(28)29-18)15(20(24)25)10-13(2)3/h7-8,11-13,15H,5-6,9-10H2,1-4H3,(H,24,25)/b18-12-. The number of rotatable bonds is 10. The summed E-state index contributed by atoms with van der Waals surface area (Å²) in [5.74, 6) is -0.0851. The van der Waals surface area contributed by atoms with E-state index in [-0.39, 0.29) is 16.1 Å². The van der Waals surface area contributed by atoms with Crippen molar-refractivity contribution in [3.63, 3.8) is 0 Å². The number of carbonyl (C=O) groups excluding carboxylic acids is 1. The van der Waals surface area contributed by atoms with Crippen LogP contribution in [-0.4, -0.2) is 46.0 Å². The Balaban J connectivity index is 2.25. The van der Waals surface area contributed by atoms with Crippen LogP contribution in [0.3, 0.4) is 0 Å². The molecule has 1 unspecified atom stereocenters. The topological polar surface area (TPSA) is 76.1 Å². The van der Waals surface area contributed by atoms with Gasteiger partial charge >= 0.3 is 5.97 Å². The first-order valence-corrected chi connectivity index (χ1v) is 10.8. The lowest BCUT2D eigenvalue weighted by atomic mass is 10.0. The Morgan fingerprint density at radius 3 is 2.66 bits per heavy atom. The Morgan fingerprint density at radius 2 is 2.07 bits per heavy atom. The summed E-state index contributed by atoms with van der Waals surface area (Å²) in [5, 5.41) is 9.57. The first-order chi connectivity index (χ1) is 13.8. The first kappa shape index (κ1) is 23.2. The molecule has 29 heavy (non-hydrogen) atoms. The van der Waals surface area contributed by atoms with Crippen molar-refractivity contribution >= 4 is 46.3 Å². The highest BCUT2D eigenvalue weighted by molar-refractivity contribution is 8.26. The predicted octanol–water partition coefficient (Wildman–Crippen LogP) is 4.57. The van der Waals surface area contributed by atoms with Crippen molar-refractivity contribution in [3.8, 4) is 11.5 Å². The third-order valence-corrected chi connectivity index (χ3v) is 5.69. The largest absolute Gasteiger partial charge is 0.493 e. The molecular weight excluding hydrogens is 410 g/mol. The highest BCUT2D eigenvalue weighted by atomic mass is 32.2. The van der Waals surface area contributed by atoms with Crippen LogP contribution in [0.15, 0.2) is 23.1 Å². The molecule has 0 aliphatic carbocycles. The third-order valence-electron chi connectivity index (χ3n) is 4.36. The van der Waals surface area contributed by atoms with E-state index in [0.29, 0.717) is 29.4 Å². The molecule has 1 saturated heterocycles. The van der Waals surface area contributed by atoms with Crippen molar-refractivity contribution in [2.24, 2.45) is 5.92 Å². The van der Waals surface area contributed by atoms with Gasteiger partial charge < -0.3 is 14.6 Å². The van der Waals surface area contributed by atoms with Crippen molar-refractivity contribution < 1.29 is 24.2 Å². The van der Waals surface area contributed by atoms with Gasteiger partial charge in [-0.1, -0.05) is 57.2 Å². The van der Waals surface area contributed by atoms with Gasteiger partial charge in [-0.25, -0.2) is 4.79 Å². The lowest BCUT2D eigenvalue weighted by Crippen LogP contribution is -2.44. The summed E-state index contributed by atoms with van der Waals surface area (Å²) in [6.45, 7) is 6.53. The average Bonchev–Trinajstić information content (AvgIpc) is 2.93. The van der Waals surface area contributed by atoms with E-state index in [0.717, 1.165) is 30.2 Å². The number of methoxy groups -OCH3 is 1. The minimum Gasteiger partial charge on any atom is -0.493 e. The maximum Gasteiger partial charge on any atom is 0.326 e. The molecule has 0 spiro atoms. The number of ether oxygens (including phenoxy) is 2. The van der Waals surface area contributed by atoms with E-state index in [1.165, 1.54) is 4.90 Å². The van der Waals surface area contributed by atoms with Gasteiger partial charge in [-0.2, -0.15) is 0 Å². The van der Waals surface area contributed by atoms with E-state index in [2.05, 4.69) is 6.92 Å². The van der Waals surface area contributed by atoms with Gasteiger partial charge in [0.25, 0.3) is 5.91 Å². The van der Waals surface area contributed by atoms with Crippen molar-refractivity contribution in [1.29, 1.82) is 0 Å². The van der Waals surface area contributed by atoms with Crippen LogP contribution in [0.25, 0.3) is 6.08 Å². The van der Waals surface area contributed by atoms with Gasteiger partial charge in [-0.15, -0.1) is 0 Å². The summed E-state index contributed by atoms with van der Waals surface area (Å²) in [6.07, 6.45) is 4.03. The molecular formula is C21H27NO5S2. The smallest absolute Gasteiger partial charge is 0.326 e. The zero-order valence-electron chi connectivity index (χ0n) is 17.1. The number of hydrogen-bond acceptors (Lipinski definition) is 6. The normalized spacial score (nSPS) is 16.6. The van der Waals surface area contributed by atoms with Gasteiger partial charge in [-0.3, -0.25) is 9.69 Å². The number of carboxylic acids is 1. The molecule has 8 heteroatoms. The second-order valence-electron chi connectivity index (χ2n) is 7.15. The van der Waals surface area contributed by atoms with E-state index < -0.39 is 12.0 Å². The van der Waals surface area contributed by atoms with Gasteiger partial charge in [0.05, 0.1) is 18.6 Å². The average molecular weight is 438 g/mol. The molecule has 1 aliphatic rings. The molecule has 6 nitrogen and oxygen atoms in total. The molecule has 1 amide bonds. The quantitative estimate of drug-likeness (QED) is 0.326. The fourth-order valence-electron chi connectivity index (χ4n) is 2.88. The van der Waals surface area contributed by atoms with Crippen molar-refractivity contribution in [2.45, 2.75) is 46.1 Å². The summed E-state index contributed by atoms with van der Waals surface area (Å²) in [5.41, 5.74) is 0.751. The molecule has 0 bridgehead atoms. The van der Waals surface area contributed by atoms with E-state index in [1.807, 2.05) is 19.9 Å². The number of thioether (sulfide) groups is 1. The van der Waals surface area contributed by atoms with Crippen LogP contribution in [0.5, 0.6) is 11.5 Å². The summed E-state index contributed by atoms with van der Waals surface area (Å²) < 4.78 is 11.4. The van der Waals surface area contributed by atoms with Crippen LogP contribution in [0.2, 0.25) is 0 Å². The highest BCUT2D eigenvalue weighted by Gasteiger charge is 2.40. The number of aliphatic carboxylic acids is 1. The molecule has 1 N–H and O–H groups in total. The number of benzene rings is 1. The minimum atomic E-state index is -1.05. The van der Waals surface area contributed by atoms with E-state index in [9.17, 15) is 14.7 Å². The van der Waals surface area contributed by atoms with Crippen molar-refractivity contribution in [3.05, 3.63) is 28.7 Å². The van der Waals surface area contributed by atoms with Gasteiger partial charge in [0.1, 0.15) is 10.4 Å². The first-order valence-electron chi connectivity index (χ1n) is 9.59. The Hall–Kier alpha value is -2.06. The fourth-order valence-corrected chi connectivity index (χ4v) is 4.24. The summed E-state index contributed by atoms with van der Waals surface area (Å²) >= 11 is 6.42. The van der Waals surface area contributed by atoms with Crippen LogP contribution in [-0.2, 0) is 9.59 Å². The number of carboxylic acid groups (broad SMARTS) is 1. The van der Waals surface area contributed by atoms with E-state index in [1.54, 1.807) is 25.3 Å². The molecule has 1 atom stereocenters. The number of nitrogens with zero attached hydrogens (tertiary/aromatic N) is 1. The molecule has 2 rings (SSSR count). The Labute approximate surface area is 181 Å². The van der Waals surface area contributed by atoms with Crippen LogP contribution in [0.4, 0.5) is 0 Å². The Bertz CT molecular complexity index is 806. The molecule has 1 aromatic rings.